The molecular weight excluding hydrogens is 546 g/mol. The lowest BCUT2D eigenvalue weighted by Crippen LogP contribution is -2.38. The number of hydrogen-bond donors (Lipinski definition) is 1. The third kappa shape index (κ3) is 5.47. The normalized spacial score (nSPS) is 22.7. The van der Waals surface area contributed by atoms with Crippen molar-refractivity contribution in [1.82, 2.24) is 14.9 Å². The molecule has 4 aromatic rings. The van der Waals surface area contributed by atoms with E-state index in [4.69, 9.17) is 28.8 Å². The number of pyridine rings is 1. The summed E-state index contributed by atoms with van der Waals surface area (Å²) in [7, 11) is 0. The fourth-order valence-corrected chi connectivity index (χ4v) is 7.49. The fourth-order valence-electron chi connectivity index (χ4n) is 6.85. The van der Waals surface area contributed by atoms with E-state index in [0.717, 1.165) is 41.7 Å². The van der Waals surface area contributed by atoms with Crippen molar-refractivity contribution >= 4 is 40.3 Å². The smallest absolute Gasteiger partial charge is 0.174 e. The lowest BCUT2D eigenvalue weighted by molar-refractivity contribution is 0.357. The van der Waals surface area contributed by atoms with Crippen LogP contribution in [0.5, 0.6) is 0 Å². The average Bonchev–Trinajstić information content (AvgIpc) is 3.44. The van der Waals surface area contributed by atoms with E-state index >= 15 is 0 Å². The highest BCUT2D eigenvalue weighted by Crippen LogP contribution is 2.45. The molecule has 5 nitrogen and oxygen atoms in total. The number of thiocarbonyl (C=S) groups is 1. The van der Waals surface area contributed by atoms with Gasteiger partial charge in [-0.3, -0.25) is 4.98 Å². The Labute approximate surface area is 254 Å². The van der Waals surface area contributed by atoms with Gasteiger partial charge in [0.15, 0.2) is 5.11 Å². The molecule has 2 aromatic carbocycles. The fraction of sp³-hybridized carbons (Fsp3) is 0.353. The van der Waals surface area contributed by atoms with E-state index < -0.39 is 0 Å². The molecule has 6 rings (SSSR count). The summed E-state index contributed by atoms with van der Waals surface area (Å²) < 4.78 is 2.40. The van der Waals surface area contributed by atoms with Crippen LogP contribution >= 0.6 is 23.8 Å². The molecule has 0 spiro atoms. The van der Waals surface area contributed by atoms with Crippen LogP contribution in [0.3, 0.4) is 0 Å². The van der Waals surface area contributed by atoms with Crippen LogP contribution in [0.4, 0.5) is 11.4 Å². The SMILES string of the molecule is Cc1cc([C@@H]2[C@H](c3ccccn3)NC(=S)N2c2ccc(N3C[C@H](C)C[C@H](C)C3)c(Cl)c2)c(C)n1Cc1ccccc1. The van der Waals surface area contributed by atoms with E-state index in [1.807, 2.05) is 18.3 Å². The van der Waals surface area contributed by atoms with Crippen molar-refractivity contribution in [2.75, 3.05) is 22.9 Å². The van der Waals surface area contributed by atoms with Crippen molar-refractivity contribution in [3.05, 3.63) is 112 Å². The summed E-state index contributed by atoms with van der Waals surface area (Å²) in [5.41, 5.74) is 8.03. The maximum atomic E-state index is 7.03. The molecule has 2 aliphatic rings. The number of nitrogens with one attached hydrogen (secondary N) is 1. The van der Waals surface area contributed by atoms with Gasteiger partial charge in [-0.1, -0.05) is 61.8 Å². The predicted octanol–water partition coefficient (Wildman–Crippen LogP) is 7.86. The van der Waals surface area contributed by atoms with Crippen molar-refractivity contribution < 1.29 is 0 Å². The molecule has 0 aliphatic carbocycles. The second kappa shape index (κ2) is 11.5. The van der Waals surface area contributed by atoms with Gasteiger partial charge in [0, 0.05) is 42.9 Å². The molecule has 7 heteroatoms. The predicted molar refractivity (Wildman–Crippen MR) is 174 cm³/mol. The standard InChI is InChI=1S/C34H38ClN5S/c1-22-16-23(2)20-38(19-22)31-14-13-27(18-29(31)35)40-33(32(37-34(40)41)30-12-8-9-15-36-30)28-17-24(3)39(25(28)4)21-26-10-6-5-7-11-26/h5-15,17-18,22-23,32-33H,16,19-21H2,1-4H3,(H,37,41)/t22-,23+,32-,33+/m0/s1. The molecule has 1 N–H and O–H groups in total. The maximum Gasteiger partial charge on any atom is 0.174 e. The number of rotatable bonds is 6. The summed E-state index contributed by atoms with van der Waals surface area (Å²) in [5.74, 6) is 1.30. The minimum absolute atomic E-state index is 0.0786. The van der Waals surface area contributed by atoms with Gasteiger partial charge in [0.25, 0.3) is 0 Å². The van der Waals surface area contributed by atoms with Crippen LogP contribution in [0.25, 0.3) is 0 Å². The molecule has 41 heavy (non-hydrogen) atoms. The Balaban J connectivity index is 1.40. The summed E-state index contributed by atoms with van der Waals surface area (Å²) in [6.45, 7) is 12.0. The molecule has 2 aromatic heterocycles. The number of nitrogens with zero attached hydrogens (tertiary/aromatic N) is 4. The van der Waals surface area contributed by atoms with Crippen LogP contribution in [0.2, 0.25) is 5.02 Å². The molecule has 0 amide bonds. The molecule has 4 atom stereocenters. The van der Waals surface area contributed by atoms with E-state index in [1.165, 1.54) is 28.9 Å². The van der Waals surface area contributed by atoms with Crippen LogP contribution in [0.1, 0.15) is 60.6 Å². The van der Waals surface area contributed by atoms with Crippen LogP contribution < -0.4 is 15.1 Å². The number of halogens is 1. The van der Waals surface area contributed by atoms with Gasteiger partial charge in [0.2, 0.25) is 0 Å². The van der Waals surface area contributed by atoms with E-state index in [-0.39, 0.29) is 12.1 Å². The molecule has 2 fully saturated rings. The lowest BCUT2D eigenvalue weighted by atomic mass is 9.91. The first-order valence-electron chi connectivity index (χ1n) is 14.6. The van der Waals surface area contributed by atoms with E-state index in [0.29, 0.717) is 16.9 Å². The Morgan fingerprint density at radius 3 is 2.37 bits per heavy atom. The van der Waals surface area contributed by atoms with Gasteiger partial charge < -0.3 is 19.7 Å². The first-order chi connectivity index (χ1) is 19.8. The molecular formula is C34H38ClN5S. The lowest BCUT2D eigenvalue weighted by Gasteiger charge is -2.37. The largest absolute Gasteiger partial charge is 0.370 e. The first-order valence-corrected chi connectivity index (χ1v) is 15.3. The Hall–Kier alpha value is -3.35. The molecule has 0 saturated carbocycles. The molecule has 212 valence electrons. The van der Waals surface area contributed by atoms with Gasteiger partial charge in [-0.05, 0) is 91.8 Å². The van der Waals surface area contributed by atoms with E-state index in [2.05, 4.69) is 108 Å². The Kier molecular flexibility index (Phi) is 7.80. The van der Waals surface area contributed by atoms with Gasteiger partial charge in [-0.2, -0.15) is 0 Å². The van der Waals surface area contributed by atoms with Gasteiger partial charge >= 0.3 is 0 Å². The minimum Gasteiger partial charge on any atom is -0.370 e. The molecule has 0 bridgehead atoms. The quantitative estimate of drug-likeness (QED) is 0.234. The Bertz CT molecular complexity index is 1530. The molecule has 2 aliphatic heterocycles. The number of piperidine rings is 1. The van der Waals surface area contributed by atoms with Crippen LogP contribution in [0, 0.1) is 25.7 Å². The summed E-state index contributed by atoms with van der Waals surface area (Å²) >= 11 is 13.1. The van der Waals surface area contributed by atoms with Crippen molar-refractivity contribution in [2.45, 2.75) is 52.7 Å². The van der Waals surface area contributed by atoms with Crippen molar-refractivity contribution in [3.8, 4) is 0 Å². The van der Waals surface area contributed by atoms with Crippen molar-refractivity contribution in [3.63, 3.8) is 0 Å². The highest BCUT2D eigenvalue weighted by molar-refractivity contribution is 7.80. The second-order valence-corrected chi connectivity index (χ2v) is 12.7. The third-order valence-electron chi connectivity index (χ3n) is 8.63. The van der Waals surface area contributed by atoms with Crippen LogP contribution in [-0.4, -0.2) is 27.8 Å². The zero-order valence-corrected chi connectivity index (χ0v) is 25.8. The highest BCUT2D eigenvalue weighted by atomic mass is 35.5. The van der Waals surface area contributed by atoms with Crippen LogP contribution in [-0.2, 0) is 6.54 Å². The number of aromatic nitrogens is 2. The zero-order valence-electron chi connectivity index (χ0n) is 24.2. The summed E-state index contributed by atoms with van der Waals surface area (Å²) in [6.07, 6.45) is 3.12. The van der Waals surface area contributed by atoms with Gasteiger partial charge in [-0.15, -0.1) is 0 Å². The van der Waals surface area contributed by atoms with Crippen LogP contribution in [0.15, 0.2) is 79.0 Å². The molecule has 0 radical (unpaired) electrons. The topological polar surface area (TPSA) is 36.3 Å². The summed E-state index contributed by atoms with van der Waals surface area (Å²) in [5, 5.41) is 5.06. The maximum absolute atomic E-state index is 7.03. The molecule has 2 saturated heterocycles. The number of hydrogen-bond acceptors (Lipinski definition) is 3. The Morgan fingerprint density at radius 1 is 0.951 bits per heavy atom. The Morgan fingerprint density at radius 2 is 1.68 bits per heavy atom. The van der Waals surface area contributed by atoms with Gasteiger partial charge in [-0.25, -0.2) is 0 Å². The summed E-state index contributed by atoms with van der Waals surface area (Å²) in [6, 6.07) is 25.3. The van der Waals surface area contributed by atoms with Crippen molar-refractivity contribution in [2.24, 2.45) is 11.8 Å². The van der Waals surface area contributed by atoms with E-state index in [1.54, 1.807) is 0 Å². The molecule has 4 heterocycles. The second-order valence-electron chi connectivity index (χ2n) is 11.9. The number of aryl methyl sites for hydroxylation is 1. The monoisotopic (exact) mass is 583 g/mol. The van der Waals surface area contributed by atoms with Crippen molar-refractivity contribution in [1.29, 1.82) is 0 Å². The number of benzene rings is 2. The highest BCUT2D eigenvalue weighted by Gasteiger charge is 2.42. The minimum atomic E-state index is -0.100. The van der Waals surface area contributed by atoms with Gasteiger partial charge in [0.05, 0.1) is 28.5 Å². The molecule has 0 unspecified atom stereocenters. The number of anilines is 2. The zero-order chi connectivity index (χ0) is 28.7. The van der Waals surface area contributed by atoms with Gasteiger partial charge in [0.1, 0.15) is 0 Å². The average molecular weight is 584 g/mol. The summed E-state index contributed by atoms with van der Waals surface area (Å²) in [4.78, 5) is 9.42. The third-order valence-corrected chi connectivity index (χ3v) is 9.25. The van der Waals surface area contributed by atoms with E-state index in [9.17, 15) is 0 Å². The first kappa shape index (κ1) is 27.8.